The van der Waals surface area contributed by atoms with Crippen LogP contribution < -0.4 is 4.74 Å². The summed E-state index contributed by atoms with van der Waals surface area (Å²) in [7, 11) is 1.37. The summed E-state index contributed by atoms with van der Waals surface area (Å²) in [6.07, 6.45) is 0.563. The fourth-order valence-corrected chi connectivity index (χ4v) is 1.41. The fourth-order valence-electron chi connectivity index (χ4n) is 1.41. The van der Waals surface area contributed by atoms with Crippen molar-refractivity contribution >= 4 is 5.97 Å². The molecule has 1 aromatic rings. The van der Waals surface area contributed by atoms with Gasteiger partial charge in [0.1, 0.15) is 5.75 Å². The van der Waals surface area contributed by atoms with Gasteiger partial charge in [0.15, 0.2) is 0 Å². The Kier molecular flexibility index (Phi) is 3.93. The van der Waals surface area contributed by atoms with Gasteiger partial charge in [-0.2, -0.15) is 0 Å². The fraction of sp³-hybridized carbons (Fsp3) is 0.462. The van der Waals surface area contributed by atoms with Crippen LogP contribution in [0.4, 0.5) is 0 Å². The highest BCUT2D eigenvalue weighted by molar-refractivity contribution is 5.79. The molecule has 0 spiro atoms. The summed E-state index contributed by atoms with van der Waals surface area (Å²) in [5, 5.41) is 0. The molecule has 1 rings (SSSR count). The second kappa shape index (κ2) is 5.01. The van der Waals surface area contributed by atoms with Crippen LogP contribution in [0, 0.1) is 6.92 Å². The second-order valence-corrected chi connectivity index (χ2v) is 3.99. The Bertz CT molecular complexity index is 373. The molecule has 3 heteroatoms. The van der Waals surface area contributed by atoms with E-state index in [1.807, 2.05) is 38.1 Å². The van der Waals surface area contributed by atoms with Crippen molar-refractivity contribution in [3.8, 4) is 5.75 Å². The van der Waals surface area contributed by atoms with Gasteiger partial charge in [-0.25, -0.2) is 4.79 Å². The summed E-state index contributed by atoms with van der Waals surface area (Å²) in [5.74, 6) is 0.339. The molecule has 0 saturated carbocycles. The van der Waals surface area contributed by atoms with Crippen molar-refractivity contribution in [2.75, 3.05) is 7.11 Å². The molecule has 0 fully saturated rings. The normalized spacial score (nSPS) is 14.0. The monoisotopic (exact) mass is 222 g/mol. The highest BCUT2D eigenvalue weighted by Crippen LogP contribution is 2.23. The molecule has 0 bridgehead atoms. The first-order valence-electron chi connectivity index (χ1n) is 5.36. The van der Waals surface area contributed by atoms with Crippen LogP contribution in [0.3, 0.4) is 0 Å². The van der Waals surface area contributed by atoms with Crippen molar-refractivity contribution < 1.29 is 14.3 Å². The van der Waals surface area contributed by atoms with Crippen LogP contribution in [0.2, 0.25) is 0 Å². The topological polar surface area (TPSA) is 35.5 Å². The lowest BCUT2D eigenvalue weighted by atomic mass is 10.0. The van der Waals surface area contributed by atoms with Crippen LogP contribution in [0.15, 0.2) is 24.3 Å². The molecule has 0 aromatic heterocycles. The van der Waals surface area contributed by atoms with Gasteiger partial charge in [0.2, 0.25) is 5.60 Å². The third-order valence-corrected chi connectivity index (χ3v) is 2.62. The van der Waals surface area contributed by atoms with Gasteiger partial charge in [0, 0.05) is 0 Å². The van der Waals surface area contributed by atoms with E-state index in [1.165, 1.54) is 7.11 Å². The van der Waals surface area contributed by atoms with Crippen molar-refractivity contribution in [2.24, 2.45) is 0 Å². The number of benzene rings is 1. The molecule has 0 aliphatic carbocycles. The van der Waals surface area contributed by atoms with Crippen LogP contribution in [0.25, 0.3) is 0 Å². The summed E-state index contributed by atoms with van der Waals surface area (Å²) in [6, 6.07) is 7.62. The van der Waals surface area contributed by atoms with Crippen LogP contribution in [-0.4, -0.2) is 18.7 Å². The molecule has 16 heavy (non-hydrogen) atoms. The minimum Gasteiger partial charge on any atom is -0.476 e. The second-order valence-electron chi connectivity index (χ2n) is 3.99. The largest absolute Gasteiger partial charge is 0.476 e. The van der Waals surface area contributed by atoms with Crippen LogP contribution >= 0.6 is 0 Å². The van der Waals surface area contributed by atoms with Crippen LogP contribution in [0.5, 0.6) is 5.75 Å². The molecule has 0 heterocycles. The molecule has 1 unspecified atom stereocenters. The van der Waals surface area contributed by atoms with Gasteiger partial charge < -0.3 is 9.47 Å². The van der Waals surface area contributed by atoms with E-state index in [-0.39, 0.29) is 5.97 Å². The first-order valence-corrected chi connectivity index (χ1v) is 5.36. The first-order chi connectivity index (χ1) is 7.51. The predicted molar refractivity (Wildman–Crippen MR) is 62.5 cm³/mol. The quantitative estimate of drug-likeness (QED) is 0.735. The highest BCUT2D eigenvalue weighted by Gasteiger charge is 2.34. The van der Waals surface area contributed by atoms with Gasteiger partial charge in [-0.1, -0.05) is 19.1 Å². The molecular weight excluding hydrogens is 204 g/mol. The number of methoxy groups -OCH3 is 1. The van der Waals surface area contributed by atoms with E-state index >= 15 is 0 Å². The van der Waals surface area contributed by atoms with Gasteiger partial charge in [0.25, 0.3) is 0 Å². The lowest BCUT2D eigenvalue weighted by Crippen LogP contribution is -2.41. The number of carbonyl (C=O) groups excluding carboxylic acids is 1. The molecule has 0 aliphatic heterocycles. The standard InChI is InChI=1S/C13H18O3/c1-5-13(3,12(14)15-4)16-11-8-6-7-10(2)9-11/h6-9H,5H2,1-4H3. The SMILES string of the molecule is CCC(C)(Oc1cccc(C)c1)C(=O)OC. The first kappa shape index (κ1) is 12.6. The maximum Gasteiger partial charge on any atom is 0.349 e. The number of hydrogen-bond donors (Lipinski definition) is 0. The summed E-state index contributed by atoms with van der Waals surface area (Å²) < 4.78 is 10.5. The zero-order chi connectivity index (χ0) is 12.2. The lowest BCUT2D eigenvalue weighted by molar-refractivity contribution is -0.157. The van der Waals surface area contributed by atoms with E-state index in [0.29, 0.717) is 12.2 Å². The van der Waals surface area contributed by atoms with Crippen molar-refractivity contribution in [3.05, 3.63) is 29.8 Å². The highest BCUT2D eigenvalue weighted by atomic mass is 16.6. The van der Waals surface area contributed by atoms with Crippen LogP contribution in [0.1, 0.15) is 25.8 Å². The number of esters is 1. The molecule has 1 atom stereocenters. The van der Waals surface area contributed by atoms with E-state index < -0.39 is 5.60 Å². The summed E-state index contributed by atoms with van der Waals surface area (Å²) >= 11 is 0. The molecule has 88 valence electrons. The average molecular weight is 222 g/mol. The Morgan fingerprint density at radius 1 is 1.44 bits per heavy atom. The van der Waals surface area contributed by atoms with Crippen molar-refractivity contribution in [2.45, 2.75) is 32.8 Å². The van der Waals surface area contributed by atoms with E-state index in [9.17, 15) is 4.79 Å². The number of hydrogen-bond acceptors (Lipinski definition) is 3. The molecule has 0 amide bonds. The van der Waals surface area contributed by atoms with Gasteiger partial charge >= 0.3 is 5.97 Å². The maximum absolute atomic E-state index is 11.6. The van der Waals surface area contributed by atoms with Crippen molar-refractivity contribution in [1.82, 2.24) is 0 Å². The van der Waals surface area contributed by atoms with E-state index in [0.717, 1.165) is 5.56 Å². The lowest BCUT2D eigenvalue weighted by Gasteiger charge is -2.26. The van der Waals surface area contributed by atoms with E-state index in [1.54, 1.807) is 6.92 Å². The smallest absolute Gasteiger partial charge is 0.349 e. The number of carbonyl (C=O) groups is 1. The van der Waals surface area contributed by atoms with Crippen molar-refractivity contribution in [1.29, 1.82) is 0 Å². The molecule has 0 aliphatic rings. The van der Waals surface area contributed by atoms with E-state index in [2.05, 4.69) is 0 Å². The van der Waals surface area contributed by atoms with Gasteiger partial charge in [-0.3, -0.25) is 0 Å². The van der Waals surface area contributed by atoms with Crippen molar-refractivity contribution in [3.63, 3.8) is 0 Å². The summed E-state index contributed by atoms with van der Waals surface area (Å²) in [6.45, 7) is 5.61. The average Bonchev–Trinajstić information content (AvgIpc) is 2.27. The number of rotatable bonds is 4. The third-order valence-electron chi connectivity index (χ3n) is 2.62. The Balaban J connectivity index is 2.89. The number of ether oxygens (including phenoxy) is 2. The van der Waals surface area contributed by atoms with E-state index in [4.69, 9.17) is 9.47 Å². The number of aryl methyl sites for hydroxylation is 1. The Hall–Kier alpha value is -1.51. The minimum absolute atomic E-state index is 0.350. The molecule has 0 radical (unpaired) electrons. The van der Waals surface area contributed by atoms with Gasteiger partial charge in [0.05, 0.1) is 7.11 Å². The minimum atomic E-state index is -0.914. The van der Waals surface area contributed by atoms with Gasteiger partial charge in [-0.05, 0) is 38.0 Å². The zero-order valence-corrected chi connectivity index (χ0v) is 10.2. The van der Waals surface area contributed by atoms with Crippen LogP contribution in [-0.2, 0) is 9.53 Å². The summed E-state index contributed by atoms with van der Waals surface area (Å²) in [5.41, 5.74) is 0.184. The van der Waals surface area contributed by atoms with Gasteiger partial charge in [-0.15, -0.1) is 0 Å². The molecule has 0 saturated heterocycles. The predicted octanol–water partition coefficient (Wildman–Crippen LogP) is 2.72. The molecule has 1 aromatic carbocycles. The third kappa shape index (κ3) is 2.75. The molecule has 3 nitrogen and oxygen atoms in total. The Labute approximate surface area is 96.4 Å². The zero-order valence-electron chi connectivity index (χ0n) is 10.2. The summed E-state index contributed by atoms with van der Waals surface area (Å²) in [4.78, 5) is 11.6. The maximum atomic E-state index is 11.6. The molecule has 0 N–H and O–H groups in total. The Morgan fingerprint density at radius 3 is 2.62 bits per heavy atom. The molecular formula is C13H18O3. The Morgan fingerprint density at radius 2 is 2.12 bits per heavy atom.